The van der Waals surface area contributed by atoms with E-state index in [1.54, 1.807) is 19.1 Å². The van der Waals surface area contributed by atoms with Gasteiger partial charge >= 0.3 is 0 Å². The number of benzene rings is 2. The molecule has 3 rings (SSSR count). The van der Waals surface area contributed by atoms with E-state index in [9.17, 15) is 13.2 Å². The third-order valence-corrected chi connectivity index (χ3v) is 4.33. The molecule has 0 saturated heterocycles. The summed E-state index contributed by atoms with van der Waals surface area (Å²) in [5.41, 5.74) is 2.72. The third kappa shape index (κ3) is 4.89. The van der Waals surface area contributed by atoms with Gasteiger partial charge in [0, 0.05) is 11.1 Å². The molecule has 1 amide bonds. The normalized spacial score (nSPS) is 11.0. The van der Waals surface area contributed by atoms with Crippen molar-refractivity contribution >= 4 is 27.3 Å². The molecule has 2 N–H and O–H groups in total. The van der Waals surface area contributed by atoms with Crippen molar-refractivity contribution in [2.75, 3.05) is 16.3 Å². The van der Waals surface area contributed by atoms with Crippen molar-refractivity contribution in [1.29, 1.82) is 0 Å². The van der Waals surface area contributed by atoms with E-state index < -0.39 is 10.0 Å². The van der Waals surface area contributed by atoms with E-state index in [-0.39, 0.29) is 5.91 Å². The molecule has 27 heavy (non-hydrogen) atoms. The number of aryl methyl sites for hydroxylation is 1. The first-order valence-corrected chi connectivity index (χ1v) is 9.98. The van der Waals surface area contributed by atoms with Gasteiger partial charge in [-0.2, -0.15) is 0 Å². The molecule has 0 bridgehead atoms. The van der Waals surface area contributed by atoms with Crippen molar-refractivity contribution in [1.82, 2.24) is 9.97 Å². The lowest BCUT2D eigenvalue weighted by atomic mass is 10.1. The minimum Gasteiger partial charge on any atom is -0.319 e. The number of nitrogens with zero attached hydrogens (tertiary/aromatic N) is 2. The Kier molecular flexibility index (Phi) is 5.18. The fourth-order valence-electron chi connectivity index (χ4n) is 2.41. The molecular weight excluding hydrogens is 364 g/mol. The van der Waals surface area contributed by atoms with Crippen molar-refractivity contribution in [3.05, 3.63) is 72.1 Å². The van der Waals surface area contributed by atoms with Gasteiger partial charge in [0.05, 0.1) is 30.0 Å². The Bertz CT molecular complexity index is 1070. The minimum absolute atomic E-state index is 0.318. The molecule has 0 aliphatic carbocycles. The summed E-state index contributed by atoms with van der Waals surface area (Å²) in [6.45, 7) is 1.76. The molecule has 1 heterocycles. The number of carbonyl (C=O) groups excluding carboxylic acids is 1. The van der Waals surface area contributed by atoms with Crippen LogP contribution in [0.3, 0.4) is 0 Å². The van der Waals surface area contributed by atoms with Crippen LogP contribution in [-0.4, -0.2) is 30.5 Å². The zero-order valence-corrected chi connectivity index (χ0v) is 15.6. The van der Waals surface area contributed by atoms with Gasteiger partial charge in [-0.1, -0.05) is 36.4 Å². The SMILES string of the molecule is Cc1ccc(C(=O)Nc2cnc(-c3ccccc3)nc2)cc1NS(C)(=O)=O. The van der Waals surface area contributed by atoms with Crippen molar-refractivity contribution in [3.63, 3.8) is 0 Å². The van der Waals surface area contributed by atoms with Crippen LogP contribution in [0.1, 0.15) is 15.9 Å². The maximum atomic E-state index is 12.5. The number of sulfonamides is 1. The van der Waals surface area contributed by atoms with E-state index in [0.29, 0.717) is 28.3 Å². The molecule has 138 valence electrons. The predicted molar refractivity (Wildman–Crippen MR) is 105 cm³/mol. The number of anilines is 2. The smallest absolute Gasteiger partial charge is 0.255 e. The van der Waals surface area contributed by atoms with Crippen LogP contribution in [0.2, 0.25) is 0 Å². The second-order valence-corrected chi connectivity index (χ2v) is 7.77. The Hall–Kier alpha value is -3.26. The summed E-state index contributed by atoms with van der Waals surface area (Å²) in [6.07, 6.45) is 4.11. The summed E-state index contributed by atoms with van der Waals surface area (Å²) in [5, 5.41) is 2.71. The van der Waals surface area contributed by atoms with Gasteiger partial charge in [0.15, 0.2) is 5.82 Å². The first-order valence-electron chi connectivity index (χ1n) is 8.09. The standard InChI is InChI=1S/C19H18N4O3S/c1-13-8-9-15(10-17(13)23-27(2,25)26)19(24)22-16-11-20-18(21-12-16)14-6-4-3-5-7-14/h3-12,23H,1-2H3,(H,22,24). The molecule has 3 aromatic rings. The Balaban J connectivity index is 1.76. The highest BCUT2D eigenvalue weighted by molar-refractivity contribution is 7.92. The van der Waals surface area contributed by atoms with Gasteiger partial charge in [-0.05, 0) is 24.6 Å². The molecule has 0 spiro atoms. The Morgan fingerprint density at radius 3 is 2.30 bits per heavy atom. The van der Waals surface area contributed by atoms with Crippen molar-refractivity contribution in [3.8, 4) is 11.4 Å². The fraction of sp³-hybridized carbons (Fsp3) is 0.105. The summed E-state index contributed by atoms with van der Waals surface area (Å²) in [4.78, 5) is 21.0. The molecule has 8 heteroatoms. The van der Waals surface area contributed by atoms with E-state index in [0.717, 1.165) is 11.8 Å². The maximum Gasteiger partial charge on any atom is 0.255 e. The van der Waals surface area contributed by atoms with Gasteiger partial charge < -0.3 is 5.32 Å². The van der Waals surface area contributed by atoms with Crippen molar-refractivity contribution < 1.29 is 13.2 Å². The van der Waals surface area contributed by atoms with Crippen LogP contribution in [0.5, 0.6) is 0 Å². The minimum atomic E-state index is -3.43. The second-order valence-electron chi connectivity index (χ2n) is 6.02. The third-order valence-electron chi connectivity index (χ3n) is 3.74. The average Bonchev–Trinajstić information content (AvgIpc) is 2.64. The highest BCUT2D eigenvalue weighted by atomic mass is 32.2. The van der Waals surface area contributed by atoms with Crippen LogP contribution in [0.15, 0.2) is 60.9 Å². The second kappa shape index (κ2) is 7.55. The molecule has 0 radical (unpaired) electrons. The number of nitrogens with one attached hydrogen (secondary N) is 2. The maximum absolute atomic E-state index is 12.5. The Labute approximate surface area is 157 Å². The van der Waals surface area contributed by atoms with Crippen LogP contribution in [0, 0.1) is 6.92 Å². The van der Waals surface area contributed by atoms with E-state index in [1.807, 2.05) is 30.3 Å². The van der Waals surface area contributed by atoms with Gasteiger partial charge in [-0.15, -0.1) is 0 Å². The summed E-state index contributed by atoms with van der Waals surface area (Å²) in [6, 6.07) is 14.3. The summed E-state index contributed by atoms with van der Waals surface area (Å²) < 4.78 is 25.3. The van der Waals surface area contributed by atoms with Gasteiger partial charge in [0.2, 0.25) is 10.0 Å². The number of rotatable bonds is 5. The first-order chi connectivity index (χ1) is 12.8. The molecular formula is C19H18N4O3S. The largest absolute Gasteiger partial charge is 0.319 e. The molecule has 0 unspecified atom stereocenters. The quantitative estimate of drug-likeness (QED) is 0.706. The molecule has 0 saturated carbocycles. The molecule has 2 aromatic carbocycles. The molecule has 1 aromatic heterocycles. The van der Waals surface area contributed by atoms with Crippen LogP contribution in [-0.2, 0) is 10.0 Å². The van der Waals surface area contributed by atoms with E-state index >= 15 is 0 Å². The number of hydrogen-bond donors (Lipinski definition) is 2. The molecule has 0 aliphatic rings. The first kappa shape index (κ1) is 18.5. The number of carbonyl (C=O) groups is 1. The number of amides is 1. The summed E-state index contributed by atoms with van der Waals surface area (Å²) >= 11 is 0. The molecule has 0 fully saturated rings. The Morgan fingerprint density at radius 1 is 1.00 bits per heavy atom. The summed E-state index contributed by atoms with van der Waals surface area (Å²) in [5.74, 6) is 0.172. The van der Waals surface area contributed by atoms with Gasteiger partial charge in [-0.25, -0.2) is 18.4 Å². The fourth-order valence-corrected chi connectivity index (χ4v) is 3.02. The van der Waals surface area contributed by atoms with Crippen LogP contribution in [0.25, 0.3) is 11.4 Å². The van der Waals surface area contributed by atoms with Gasteiger partial charge in [0.25, 0.3) is 5.91 Å². The molecule has 0 aliphatic heterocycles. The van der Waals surface area contributed by atoms with Gasteiger partial charge in [0.1, 0.15) is 0 Å². The zero-order valence-electron chi connectivity index (χ0n) is 14.8. The van der Waals surface area contributed by atoms with Crippen LogP contribution < -0.4 is 10.0 Å². The van der Waals surface area contributed by atoms with Gasteiger partial charge in [-0.3, -0.25) is 9.52 Å². The zero-order chi connectivity index (χ0) is 19.4. The predicted octanol–water partition coefficient (Wildman–Crippen LogP) is 3.08. The number of hydrogen-bond acceptors (Lipinski definition) is 5. The molecule has 0 atom stereocenters. The number of aromatic nitrogens is 2. The van der Waals surface area contributed by atoms with Crippen LogP contribution in [0.4, 0.5) is 11.4 Å². The highest BCUT2D eigenvalue weighted by Crippen LogP contribution is 2.19. The highest BCUT2D eigenvalue weighted by Gasteiger charge is 2.11. The molecule has 7 nitrogen and oxygen atoms in total. The van der Waals surface area contributed by atoms with E-state index in [2.05, 4.69) is 20.0 Å². The van der Waals surface area contributed by atoms with E-state index in [4.69, 9.17) is 0 Å². The van der Waals surface area contributed by atoms with Crippen molar-refractivity contribution in [2.24, 2.45) is 0 Å². The topological polar surface area (TPSA) is 101 Å². The van der Waals surface area contributed by atoms with Crippen LogP contribution >= 0.6 is 0 Å². The lowest BCUT2D eigenvalue weighted by molar-refractivity contribution is 0.102. The Morgan fingerprint density at radius 2 is 1.67 bits per heavy atom. The lowest BCUT2D eigenvalue weighted by Gasteiger charge is -2.10. The summed E-state index contributed by atoms with van der Waals surface area (Å²) in [7, 11) is -3.43. The van der Waals surface area contributed by atoms with E-state index in [1.165, 1.54) is 18.5 Å². The monoisotopic (exact) mass is 382 g/mol. The average molecular weight is 382 g/mol. The lowest BCUT2D eigenvalue weighted by Crippen LogP contribution is -2.15. The van der Waals surface area contributed by atoms with Crippen molar-refractivity contribution in [2.45, 2.75) is 6.92 Å².